The third-order valence-electron chi connectivity index (χ3n) is 1.81. The maximum atomic E-state index is 6.98. The predicted octanol–water partition coefficient (Wildman–Crippen LogP) is 3.50. The van der Waals surface area contributed by atoms with Gasteiger partial charge in [-0.15, -0.1) is 0 Å². The molecule has 0 aliphatic rings. The summed E-state index contributed by atoms with van der Waals surface area (Å²) in [6, 6.07) is 6.35. The van der Waals surface area contributed by atoms with Crippen molar-refractivity contribution in [3.05, 3.63) is 40.0 Å². The maximum absolute atomic E-state index is 6.98. The van der Waals surface area contributed by atoms with Crippen molar-refractivity contribution in [1.82, 2.24) is 0 Å². The van der Waals surface area contributed by atoms with Crippen molar-refractivity contribution in [3.63, 3.8) is 0 Å². The van der Waals surface area contributed by atoms with Gasteiger partial charge in [0.25, 0.3) is 0 Å². The van der Waals surface area contributed by atoms with Gasteiger partial charge in [-0.1, -0.05) is 18.2 Å². The largest absolute Gasteiger partial charge is 0.621 e. The molecule has 12 heavy (non-hydrogen) atoms. The van der Waals surface area contributed by atoms with Crippen LogP contribution in [0.1, 0.15) is 16.7 Å². The van der Waals surface area contributed by atoms with Crippen LogP contribution in [-0.2, 0) is 26.8 Å². The fourth-order valence-electron chi connectivity index (χ4n) is 0.977. The molecule has 3 heteroatoms. The van der Waals surface area contributed by atoms with Gasteiger partial charge in [0.15, 0.2) is 0 Å². The van der Waals surface area contributed by atoms with E-state index in [4.69, 9.17) is 5.14 Å². The van der Waals surface area contributed by atoms with E-state index in [2.05, 4.69) is 32.0 Å². The van der Waals surface area contributed by atoms with Gasteiger partial charge in [0.1, 0.15) is 0 Å². The van der Waals surface area contributed by atoms with E-state index in [0.29, 0.717) is 0 Å². The molecule has 1 rings (SSSR count). The van der Waals surface area contributed by atoms with Gasteiger partial charge in [-0.2, -0.15) is 0 Å². The standard InChI is InChI=1S/C9H12NS.W/c1-7-3-4-9(6-11-10)5-8(7)2;/h3-5,10H,6H2,1-2H3;/q-1;. The molecule has 0 aliphatic heterocycles. The van der Waals surface area contributed by atoms with Gasteiger partial charge >= 0.3 is 0 Å². The van der Waals surface area contributed by atoms with E-state index in [0.717, 1.165) is 17.7 Å². The van der Waals surface area contributed by atoms with Gasteiger partial charge in [0, 0.05) is 21.1 Å². The van der Waals surface area contributed by atoms with Crippen molar-refractivity contribution in [2.45, 2.75) is 19.6 Å². The van der Waals surface area contributed by atoms with Gasteiger partial charge in [0.05, 0.1) is 0 Å². The Kier molecular flexibility index (Phi) is 5.90. The smallest absolute Gasteiger partial charge is 0 e. The molecule has 0 saturated carbocycles. The van der Waals surface area contributed by atoms with Gasteiger partial charge in [-0.25, -0.2) is 0 Å². The molecule has 1 aromatic rings. The molecule has 0 amide bonds. The van der Waals surface area contributed by atoms with Crippen LogP contribution in [0.5, 0.6) is 0 Å². The molecule has 0 fully saturated rings. The Hall–Kier alpha value is 0.218. The van der Waals surface area contributed by atoms with E-state index in [1.165, 1.54) is 16.7 Å². The van der Waals surface area contributed by atoms with Crippen molar-refractivity contribution in [2.75, 3.05) is 0 Å². The molecule has 0 bridgehead atoms. The first-order valence-corrected chi connectivity index (χ1v) is 4.57. The fraction of sp³-hybridized carbons (Fsp3) is 0.333. The van der Waals surface area contributed by atoms with Crippen LogP contribution in [0.15, 0.2) is 18.2 Å². The number of rotatable bonds is 2. The average molecular weight is 350 g/mol. The van der Waals surface area contributed by atoms with Crippen LogP contribution in [0.2, 0.25) is 0 Å². The molecule has 0 saturated heterocycles. The van der Waals surface area contributed by atoms with Crippen LogP contribution in [0.25, 0.3) is 5.14 Å². The second-order valence-electron chi connectivity index (χ2n) is 2.71. The summed E-state index contributed by atoms with van der Waals surface area (Å²) in [5.74, 6) is 0.793. The van der Waals surface area contributed by atoms with Crippen molar-refractivity contribution in [2.24, 2.45) is 0 Å². The van der Waals surface area contributed by atoms with Crippen LogP contribution in [0.4, 0.5) is 0 Å². The Labute approximate surface area is 92.5 Å². The zero-order valence-electron chi connectivity index (χ0n) is 7.26. The molecule has 0 unspecified atom stereocenters. The molecule has 0 aliphatic carbocycles. The van der Waals surface area contributed by atoms with Gasteiger partial charge in [-0.05, 0) is 36.3 Å². The summed E-state index contributed by atoms with van der Waals surface area (Å²) in [4.78, 5) is 0. The minimum absolute atomic E-state index is 0. The first kappa shape index (κ1) is 12.2. The molecule has 0 radical (unpaired) electrons. The third kappa shape index (κ3) is 3.30. The molecule has 1 N–H and O–H groups in total. The first-order valence-electron chi connectivity index (χ1n) is 3.58. The predicted molar refractivity (Wildman–Crippen MR) is 51.5 cm³/mol. The number of hydrogen-bond donors (Lipinski definition) is 0. The molecule has 1 nitrogen and oxygen atoms in total. The molecule has 66 valence electrons. The minimum atomic E-state index is 0. The minimum Gasteiger partial charge on any atom is -0.621 e. The van der Waals surface area contributed by atoms with E-state index in [1.54, 1.807) is 0 Å². The summed E-state index contributed by atoms with van der Waals surface area (Å²) in [7, 11) is 0. The summed E-state index contributed by atoms with van der Waals surface area (Å²) in [6.07, 6.45) is 0. The third-order valence-corrected chi connectivity index (χ3v) is 2.29. The second kappa shape index (κ2) is 5.79. The monoisotopic (exact) mass is 350 g/mol. The summed E-state index contributed by atoms with van der Waals surface area (Å²) in [5.41, 5.74) is 3.88. The molecule has 0 atom stereocenters. The van der Waals surface area contributed by atoms with E-state index >= 15 is 0 Å². The SMILES string of the molecule is Cc1ccc(CS[NH-])cc1C.[W]. The Bertz CT molecular complexity index is 250. The van der Waals surface area contributed by atoms with Crippen molar-refractivity contribution in [1.29, 1.82) is 0 Å². The molecule has 0 spiro atoms. The van der Waals surface area contributed by atoms with Crippen LogP contribution < -0.4 is 0 Å². The van der Waals surface area contributed by atoms with E-state index < -0.39 is 0 Å². The van der Waals surface area contributed by atoms with E-state index in [1.807, 2.05) is 0 Å². The first-order chi connectivity index (χ1) is 5.24. The van der Waals surface area contributed by atoms with E-state index in [9.17, 15) is 0 Å². The maximum Gasteiger partial charge on any atom is 0 e. The normalized spacial score (nSPS) is 9.25. The zero-order valence-corrected chi connectivity index (χ0v) is 11.0. The Morgan fingerprint density at radius 1 is 1.25 bits per heavy atom. The summed E-state index contributed by atoms with van der Waals surface area (Å²) in [6.45, 7) is 4.21. The van der Waals surface area contributed by atoms with Crippen molar-refractivity contribution < 1.29 is 21.1 Å². The van der Waals surface area contributed by atoms with Crippen LogP contribution >= 0.6 is 11.9 Å². The average Bonchev–Trinajstić information content (AvgIpc) is 1.98. The Morgan fingerprint density at radius 3 is 2.42 bits per heavy atom. The summed E-state index contributed by atoms with van der Waals surface area (Å²) < 4.78 is 0. The topological polar surface area (TPSA) is 23.8 Å². The summed E-state index contributed by atoms with van der Waals surface area (Å²) >= 11 is 1.12. The Balaban J connectivity index is 0.00000121. The molecule has 1 aromatic carbocycles. The van der Waals surface area contributed by atoms with Crippen LogP contribution in [0.3, 0.4) is 0 Å². The van der Waals surface area contributed by atoms with Crippen molar-refractivity contribution in [3.8, 4) is 0 Å². The van der Waals surface area contributed by atoms with Gasteiger partial charge < -0.3 is 5.14 Å². The molecular formula is C9H12NSW-. The molecular weight excluding hydrogens is 338 g/mol. The van der Waals surface area contributed by atoms with E-state index in [-0.39, 0.29) is 21.1 Å². The zero-order chi connectivity index (χ0) is 8.27. The Morgan fingerprint density at radius 2 is 1.92 bits per heavy atom. The number of aryl methyl sites for hydroxylation is 2. The number of benzene rings is 1. The van der Waals surface area contributed by atoms with Crippen LogP contribution in [-0.4, -0.2) is 0 Å². The number of hydrogen-bond acceptors (Lipinski definition) is 1. The second-order valence-corrected chi connectivity index (χ2v) is 3.28. The molecule has 0 aromatic heterocycles. The number of nitrogens with one attached hydrogen (secondary N) is 1. The summed E-state index contributed by atoms with van der Waals surface area (Å²) in [5, 5.41) is 6.98. The van der Waals surface area contributed by atoms with Crippen LogP contribution in [0, 0.1) is 13.8 Å². The quantitative estimate of drug-likeness (QED) is 0.749. The van der Waals surface area contributed by atoms with Gasteiger partial charge in [0.2, 0.25) is 0 Å². The fourth-order valence-corrected chi connectivity index (χ4v) is 1.32. The van der Waals surface area contributed by atoms with Crippen molar-refractivity contribution >= 4 is 11.9 Å². The molecule has 0 heterocycles. The van der Waals surface area contributed by atoms with Gasteiger partial charge in [-0.3, -0.25) is 11.9 Å².